The van der Waals surface area contributed by atoms with E-state index in [1.54, 1.807) is 18.2 Å². The summed E-state index contributed by atoms with van der Waals surface area (Å²) in [7, 11) is 3.45. The van der Waals surface area contributed by atoms with Crippen LogP contribution in [0, 0.1) is 0 Å². The van der Waals surface area contributed by atoms with Gasteiger partial charge in [-0.25, -0.2) is 4.79 Å². The molecule has 1 saturated heterocycles. The monoisotopic (exact) mass is 421 g/mol. The highest BCUT2D eigenvalue weighted by Gasteiger charge is 2.19. The summed E-state index contributed by atoms with van der Waals surface area (Å²) in [4.78, 5) is 29.2. The van der Waals surface area contributed by atoms with E-state index in [0.717, 1.165) is 37.4 Å². The first-order valence-corrected chi connectivity index (χ1v) is 10.6. The lowest BCUT2D eigenvalue weighted by atomic mass is 10.0. The Kier molecular flexibility index (Phi) is 7.47. The minimum absolute atomic E-state index is 0.245. The van der Waals surface area contributed by atoms with E-state index in [1.807, 2.05) is 18.2 Å². The van der Waals surface area contributed by atoms with Gasteiger partial charge < -0.3 is 19.9 Å². The van der Waals surface area contributed by atoms with Gasteiger partial charge in [0.15, 0.2) is 0 Å². The van der Waals surface area contributed by atoms with Crippen LogP contribution in [0.25, 0.3) is 6.08 Å². The molecule has 0 unspecified atom stereocenters. The Balaban J connectivity index is 1.78. The molecule has 0 saturated carbocycles. The molecule has 0 aromatic heterocycles. The van der Waals surface area contributed by atoms with Crippen LogP contribution >= 0.6 is 0 Å². The molecule has 0 atom stereocenters. The molecule has 1 aliphatic heterocycles. The van der Waals surface area contributed by atoms with Crippen LogP contribution in [0.15, 0.2) is 48.5 Å². The number of esters is 1. The van der Waals surface area contributed by atoms with Gasteiger partial charge in [0.1, 0.15) is 0 Å². The summed E-state index contributed by atoms with van der Waals surface area (Å²) in [6, 6.07) is 13.5. The van der Waals surface area contributed by atoms with Crippen molar-refractivity contribution in [3.63, 3.8) is 0 Å². The van der Waals surface area contributed by atoms with E-state index in [1.165, 1.54) is 18.7 Å². The molecule has 1 aliphatic rings. The highest BCUT2D eigenvalue weighted by atomic mass is 16.5. The van der Waals surface area contributed by atoms with Gasteiger partial charge in [-0.3, -0.25) is 4.79 Å². The molecule has 1 N–H and O–H groups in total. The van der Waals surface area contributed by atoms with Crippen molar-refractivity contribution >= 4 is 29.3 Å². The summed E-state index contributed by atoms with van der Waals surface area (Å²) >= 11 is 0. The molecule has 0 aliphatic carbocycles. The molecule has 1 fully saturated rings. The van der Waals surface area contributed by atoms with Gasteiger partial charge in [-0.15, -0.1) is 0 Å². The summed E-state index contributed by atoms with van der Waals surface area (Å²) in [6.45, 7) is 7.90. The normalized spacial score (nSPS) is 14.8. The van der Waals surface area contributed by atoms with Gasteiger partial charge in [0.25, 0.3) is 0 Å². The van der Waals surface area contributed by atoms with Crippen LogP contribution in [0.1, 0.15) is 41.3 Å². The van der Waals surface area contributed by atoms with Gasteiger partial charge in [0, 0.05) is 32.3 Å². The minimum atomic E-state index is -0.429. The van der Waals surface area contributed by atoms with E-state index < -0.39 is 5.97 Å². The van der Waals surface area contributed by atoms with Crippen LogP contribution in [0.3, 0.4) is 0 Å². The number of carbonyl (C=O) groups excluding carboxylic acids is 2. The highest BCUT2D eigenvalue weighted by Crippen LogP contribution is 2.29. The molecule has 6 heteroatoms. The van der Waals surface area contributed by atoms with E-state index >= 15 is 0 Å². The molecule has 1 amide bonds. The number of methoxy groups -OCH3 is 1. The van der Waals surface area contributed by atoms with Gasteiger partial charge in [-0.1, -0.05) is 38.1 Å². The van der Waals surface area contributed by atoms with E-state index in [4.69, 9.17) is 4.74 Å². The molecular formula is C25H31N3O3. The molecule has 0 spiro atoms. The van der Waals surface area contributed by atoms with Crippen molar-refractivity contribution in [1.82, 2.24) is 4.90 Å². The van der Waals surface area contributed by atoms with Crippen molar-refractivity contribution in [2.45, 2.75) is 19.8 Å². The topological polar surface area (TPSA) is 61.9 Å². The second kappa shape index (κ2) is 10.3. The van der Waals surface area contributed by atoms with Crippen molar-refractivity contribution in [2.75, 3.05) is 50.6 Å². The number of amides is 1. The first-order chi connectivity index (χ1) is 14.9. The van der Waals surface area contributed by atoms with E-state index in [2.05, 4.69) is 48.1 Å². The summed E-state index contributed by atoms with van der Waals surface area (Å²) in [5, 5.41) is 2.95. The number of hydrogen-bond donors (Lipinski definition) is 1. The second-order valence-corrected chi connectivity index (χ2v) is 8.16. The number of piperazine rings is 1. The zero-order valence-corrected chi connectivity index (χ0v) is 18.7. The first-order valence-electron chi connectivity index (χ1n) is 10.6. The molecule has 0 bridgehead atoms. The fourth-order valence-electron chi connectivity index (χ4n) is 3.54. The Bertz CT molecular complexity index is 943. The van der Waals surface area contributed by atoms with Crippen LogP contribution in [-0.4, -0.2) is 57.1 Å². The highest BCUT2D eigenvalue weighted by molar-refractivity contribution is 6.05. The summed E-state index contributed by atoms with van der Waals surface area (Å²) in [6.07, 6.45) is 3.31. The van der Waals surface area contributed by atoms with Crippen molar-refractivity contribution in [3.05, 3.63) is 65.2 Å². The van der Waals surface area contributed by atoms with Crippen molar-refractivity contribution < 1.29 is 14.3 Å². The number of rotatable bonds is 6. The SMILES string of the molecule is COC(=O)c1ccc(N2CCN(C)CC2)c(NC(=O)C=Cc2ccc(C(C)C)cc2)c1. The van der Waals surface area contributed by atoms with Crippen molar-refractivity contribution in [2.24, 2.45) is 0 Å². The van der Waals surface area contributed by atoms with Gasteiger partial charge in [-0.2, -0.15) is 0 Å². The quantitative estimate of drug-likeness (QED) is 0.564. The molecule has 1 heterocycles. The number of likely N-dealkylation sites (N-methyl/N-ethyl adjacent to an activating group) is 1. The maximum Gasteiger partial charge on any atom is 0.337 e. The number of nitrogens with one attached hydrogen (secondary N) is 1. The van der Waals surface area contributed by atoms with Crippen molar-refractivity contribution in [3.8, 4) is 0 Å². The van der Waals surface area contributed by atoms with Crippen LogP contribution in [0.4, 0.5) is 11.4 Å². The average molecular weight is 422 g/mol. The molecule has 0 radical (unpaired) electrons. The van der Waals surface area contributed by atoms with E-state index in [9.17, 15) is 9.59 Å². The number of carbonyl (C=O) groups is 2. The lowest BCUT2D eigenvalue weighted by Crippen LogP contribution is -2.44. The third kappa shape index (κ3) is 5.95. The molecule has 2 aromatic rings. The lowest BCUT2D eigenvalue weighted by molar-refractivity contribution is -0.111. The minimum Gasteiger partial charge on any atom is -0.465 e. The standard InChI is InChI=1S/C25H31N3O3/c1-18(2)20-8-5-19(6-9-20)7-12-24(29)26-22-17-21(25(30)31-4)10-11-23(22)28-15-13-27(3)14-16-28/h5-12,17-18H,13-16H2,1-4H3,(H,26,29). The molecule has 31 heavy (non-hydrogen) atoms. The first kappa shape index (κ1) is 22.6. The lowest BCUT2D eigenvalue weighted by Gasteiger charge is -2.35. The van der Waals surface area contributed by atoms with Gasteiger partial charge >= 0.3 is 5.97 Å². The molecule has 2 aromatic carbocycles. The predicted octanol–water partition coefficient (Wildman–Crippen LogP) is 4.00. The van der Waals surface area contributed by atoms with Crippen LogP contribution in [-0.2, 0) is 9.53 Å². The number of hydrogen-bond acceptors (Lipinski definition) is 5. The van der Waals surface area contributed by atoms with Crippen molar-refractivity contribution in [1.29, 1.82) is 0 Å². The third-order valence-electron chi connectivity index (χ3n) is 5.55. The largest absolute Gasteiger partial charge is 0.465 e. The van der Waals surface area contributed by atoms with Gasteiger partial charge in [-0.05, 0) is 48.4 Å². The van der Waals surface area contributed by atoms with E-state index in [0.29, 0.717) is 17.2 Å². The Hall–Kier alpha value is -3.12. The predicted molar refractivity (Wildman–Crippen MR) is 126 cm³/mol. The summed E-state index contributed by atoms with van der Waals surface area (Å²) in [5.74, 6) is -0.206. The van der Waals surface area contributed by atoms with Crippen LogP contribution < -0.4 is 10.2 Å². The summed E-state index contributed by atoms with van der Waals surface area (Å²) in [5.41, 5.74) is 4.14. The number of ether oxygens (including phenoxy) is 1. The molecular weight excluding hydrogens is 390 g/mol. The van der Waals surface area contributed by atoms with Crippen LogP contribution in [0.2, 0.25) is 0 Å². The van der Waals surface area contributed by atoms with Gasteiger partial charge in [0.05, 0.1) is 24.0 Å². The molecule has 164 valence electrons. The second-order valence-electron chi connectivity index (χ2n) is 8.16. The third-order valence-corrected chi connectivity index (χ3v) is 5.55. The summed E-state index contributed by atoms with van der Waals surface area (Å²) < 4.78 is 4.84. The average Bonchev–Trinajstić information content (AvgIpc) is 2.78. The molecule has 6 nitrogen and oxygen atoms in total. The molecule has 3 rings (SSSR count). The maximum absolute atomic E-state index is 12.7. The smallest absolute Gasteiger partial charge is 0.337 e. The fourth-order valence-corrected chi connectivity index (χ4v) is 3.54. The Morgan fingerprint density at radius 3 is 2.32 bits per heavy atom. The Labute approximate surface area is 184 Å². The van der Waals surface area contributed by atoms with Crippen LogP contribution in [0.5, 0.6) is 0 Å². The number of nitrogens with zero attached hydrogens (tertiary/aromatic N) is 2. The fraction of sp³-hybridized carbons (Fsp3) is 0.360. The number of anilines is 2. The van der Waals surface area contributed by atoms with Gasteiger partial charge in [0.2, 0.25) is 5.91 Å². The Morgan fingerprint density at radius 2 is 1.71 bits per heavy atom. The maximum atomic E-state index is 12.7. The zero-order valence-electron chi connectivity index (χ0n) is 18.7. The van der Waals surface area contributed by atoms with E-state index in [-0.39, 0.29) is 5.91 Å². The zero-order chi connectivity index (χ0) is 22.4. The Morgan fingerprint density at radius 1 is 1.03 bits per heavy atom. The number of benzene rings is 2.